The SMILES string of the molecule is CC(C)[Si](C#CP(=O)(OC(C)(C)C)OC(C)(C)C)(C(C)C)C(C)C. The van der Waals surface area contributed by atoms with Crippen LogP contribution in [-0.4, -0.2) is 19.3 Å². The Labute approximate surface area is 151 Å². The molecule has 0 fully saturated rings. The molecule has 5 heteroatoms. The van der Waals surface area contributed by atoms with E-state index in [9.17, 15) is 4.57 Å². The molecule has 0 aromatic heterocycles. The maximum Gasteiger partial charge on any atom is 0.405 e. The van der Waals surface area contributed by atoms with E-state index in [1.54, 1.807) is 0 Å². The lowest BCUT2D eigenvalue weighted by atomic mass is 10.2. The van der Waals surface area contributed by atoms with E-state index in [4.69, 9.17) is 9.05 Å². The molecule has 0 radical (unpaired) electrons. The second-order valence-electron chi connectivity index (χ2n) is 9.54. The normalized spacial score (nSPS) is 14.3. The first kappa shape index (κ1) is 23.9. The molecule has 142 valence electrons. The molecule has 3 nitrogen and oxygen atoms in total. The van der Waals surface area contributed by atoms with Gasteiger partial charge in [-0.1, -0.05) is 41.5 Å². The van der Waals surface area contributed by atoms with Crippen LogP contribution in [0.15, 0.2) is 0 Å². The van der Waals surface area contributed by atoms with Gasteiger partial charge < -0.3 is 0 Å². The van der Waals surface area contributed by atoms with Gasteiger partial charge in [-0.3, -0.25) is 9.05 Å². The van der Waals surface area contributed by atoms with Crippen LogP contribution >= 0.6 is 7.60 Å². The molecule has 0 amide bonds. The molecule has 0 saturated heterocycles. The zero-order chi connectivity index (χ0) is 19.6. The van der Waals surface area contributed by atoms with Crippen LogP contribution in [0.2, 0.25) is 16.6 Å². The predicted octanol–water partition coefficient (Wildman–Crippen LogP) is 6.99. The second-order valence-corrected chi connectivity index (χ2v) is 16.7. The summed E-state index contributed by atoms with van der Waals surface area (Å²) >= 11 is 0. The van der Waals surface area contributed by atoms with Crippen LogP contribution < -0.4 is 0 Å². The zero-order valence-electron chi connectivity index (χ0n) is 17.9. The van der Waals surface area contributed by atoms with Crippen molar-refractivity contribution < 1.29 is 13.6 Å². The van der Waals surface area contributed by atoms with Crippen LogP contribution in [-0.2, 0) is 13.6 Å². The van der Waals surface area contributed by atoms with Crippen LogP contribution in [0.1, 0.15) is 83.1 Å². The predicted molar refractivity (Wildman–Crippen MR) is 108 cm³/mol. The van der Waals surface area contributed by atoms with Crippen molar-refractivity contribution >= 4 is 15.7 Å². The third kappa shape index (κ3) is 7.04. The Hall–Kier alpha value is -0.0731. The summed E-state index contributed by atoms with van der Waals surface area (Å²) in [6, 6.07) is 0. The fourth-order valence-corrected chi connectivity index (χ4v) is 11.1. The van der Waals surface area contributed by atoms with Crippen molar-refractivity contribution in [3.8, 4) is 11.2 Å². The lowest BCUT2D eigenvalue weighted by Crippen LogP contribution is -2.43. The van der Waals surface area contributed by atoms with E-state index in [-0.39, 0.29) is 0 Å². The Balaban J connectivity index is 6.13. The lowest BCUT2D eigenvalue weighted by Gasteiger charge is -2.38. The van der Waals surface area contributed by atoms with Gasteiger partial charge >= 0.3 is 7.60 Å². The maximum absolute atomic E-state index is 13.4. The van der Waals surface area contributed by atoms with Crippen molar-refractivity contribution in [1.82, 2.24) is 0 Å². The molecule has 0 saturated carbocycles. The van der Waals surface area contributed by atoms with Crippen molar-refractivity contribution in [2.45, 2.75) is 111 Å². The second kappa shape index (κ2) is 8.08. The van der Waals surface area contributed by atoms with Gasteiger partial charge in [0.15, 0.2) is 0 Å². The lowest BCUT2D eigenvalue weighted by molar-refractivity contribution is 0.0553. The van der Waals surface area contributed by atoms with Crippen LogP contribution in [0.4, 0.5) is 0 Å². The van der Waals surface area contributed by atoms with Gasteiger partial charge in [-0.15, -0.1) is 5.54 Å². The summed E-state index contributed by atoms with van der Waals surface area (Å²) in [6.07, 6.45) is 0. The van der Waals surface area contributed by atoms with Gasteiger partial charge in [0.2, 0.25) is 0 Å². The molecule has 0 heterocycles. The van der Waals surface area contributed by atoms with E-state index in [1.165, 1.54) is 0 Å². The molecule has 0 bridgehead atoms. The highest BCUT2D eigenvalue weighted by Crippen LogP contribution is 2.54. The molecule has 0 aromatic carbocycles. The summed E-state index contributed by atoms with van der Waals surface area (Å²) < 4.78 is 25.0. The smallest absolute Gasteiger partial charge is 0.294 e. The molecule has 0 atom stereocenters. The van der Waals surface area contributed by atoms with Crippen molar-refractivity contribution in [3.63, 3.8) is 0 Å². The molecule has 0 spiro atoms. The van der Waals surface area contributed by atoms with E-state index in [2.05, 4.69) is 52.7 Å². The summed E-state index contributed by atoms with van der Waals surface area (Å²) in [5.41, 5.74) is 6.78. The molecule has 0 unspecified atom stereocenters. The minimum absolute atomic E-state index is 0.475. The van der Waals surface area contributed by atoms with E-state index < -0.39 is 26.9 Å². The van der Waals surface area contributed by atoms with E-state index >= 15 is 0 Å². The van der Waals surface area contributed by atoms with E-state index in [1.807, 2.05) is 41.5 Å². The molecule has 0 rings (SSSR count). The Morgan fingerprint density at radius 1 is 0.750 bits per heavy atom. The summed E-state index contributed by atoms with van der Waals surface area (Å²) in [7, 11) is -5.49. The van der Waals surface area contributed by atoms with Crippen LogP contribution in [0.25, 0.3) is 0 Å². The first-order valence-corrected chi connectivity index (χ1v) is 12.8. The van der Waals surface area contributed by atoms with Crippen LogP contribution in [0.5, 0.6) is 0 Å². The number of hydrogen-bond donors (Lipinski definition) is 0. The van der Waals surface area contributed by atoms with Crippen LogP contribution in [0, 0.1) is 11.2 Å². The Morgan fingerprint density at radius 3 is 1.25 bits per heavy atom. The summed E-state index contributed by atoms with van der Waals surface area (Å²) in [5, 5.41) is 0. The average Bonchev–Trinajstić information content (AvgIpc) is 2.21. The average molecular weight is 375 g/mol. The third-order valence-corrected chi connectivity index (χ3v) is 12.5. The van der Waals surface area contributed by atoms with Gasteiger partial charge in [0.1, 0.15) is 8.07 Å². The minimum atomic E-state index is -3.50. The first-order valence-electron chi connectivity index (χ1n) is 9.01. The molecule has 24 heavy (non-hydrogen) atoms. The third-order valence-electron chi connectivity index (χ3n) is 4.06. The van der Waals surface area contributed by atoms with Gasteiger partial charge in [-0.25, -0.2) is 4.57 Å². The monoisotopic (exact) mass is 374 g/mol. The van der Waals surface area contributed by atoms with Gasteiger partial charge in [-0.2, -0.15) is 0 Å². The first-order chi connectivity index (χ1) is 10.5. The quantitative estimate of drug-likeness (QED) is 0.295. The molecular formula is C19H39O3PSi. The van der Waals surface area contributed by atoms with Gasteiger partial charge in [0, 0.05) is 5.66 Å². The molecule has 0 aromatic rings. The largest absolute Gasteiger partial charge is 0.405 e. The van der Waals surface area contributed by atoms with Crippen molar-refractivity contribution in [2.24, 2.45) is 0 Å². The Bertz CT molecular complexity index is 472. The van der Waals surface area contributed by atoms with Crippen molar-refractivity contribution in [1.29, 1.82) is 0 Å². The highest BCUT2D eigenvalue weighted by molar-refractivity contribution is 7.59. The molecule has 0 aliphatic carbocycles. The van der Waals surface area contributed by atoms with E-state index in [0.717, 1.165) is 0 Å². The standard InChI is InChI=1S/C19H39O3PSi/c1-15(2)24(16(3)4,17(5)6)14-13-23(20,21-18(7,8)9)22-19(10,11)12/h15-17H,1-12H3. The number of rotatable bonds is 5. The summed E-state index contributed by atoms with van der Waals surface area (Å²) in [4.78, 5) is 0. The zero-order valence-corrected chi connectivity index (χ0v) is 19.8. The highest BCUT2D eigenvalue weighted by Gasteiger charge is 2.43. The molecule has 0 aliphatic heterocycles. The van der Waals surface area contributed by atoms with Crippen molar-refractivity contribution in [2.75, 3.05) is 0 Å². The highest BCUT2D eigenvalue weighted by atomic mass is 31.2. The Kier molecular flexibility index (Phi) is 8.06. The number of hydrogen-bond acceptors (Lipinski definition) is 3. The Morgan fingerprint density at radius 2 is 1.04 bits per heavy atom. The van der Waals surface area contributed by atoms with Crippen molar-refractivity contribution in [3.05, 3.63) is 0 Å². The fraction of sp³-hybridized carbons (Fsp3) is 0.895. The minimum Gasteiger partial charge on any atom is -0.294 e. The molecule has 0 N–H and O–H groups in total. The van der Waals surface area contributed by atoms with E-state index in [0.29, 0.717) is 16.6 Å². The van der Waals surface area contributed by atoms with Gasteiger partial charge in [-0.05, 0) is 58.2 Å². The molecule has 0 aliphatic rings. The van der Waals surface area contributed by atoms with Gasteiger partial charge in [0.05, 0.1) is 11.2 Å². The summed E-state index contributed by atoms with van der Waals surface area (Å²) in [6.45, 7) is 24.7. The molecular weight excluding hydrogens is 335 g/mol. The topological polar surface area (TPSA) is 35.5 Å². The fourth-order valence-electron chi connectivity index (χ4n) is 3.38. The van der Waals surface area contributed by atoms with Crippen LogP contribution in [0.3, 0.4) is 0 Å². The van der Waals surface area contributed by atoms with Gasteiger partial charge in [0.25, 0.3) is 0 Å². The maximum atomic E-state index is 13.4. The summed E-state index contributed by atoms with van der Waals surface area (Å²) in [5.74, 6) is 0.